The Kier molecular flexibility index (Phi) is 8.80. The van der Waals surface area contributed by atoms with E-state index < -0.39 is 5.60 Å². The van der Waals surface area contributed by atoms with Crippen LogP contribution in [0.25, 0.3) is 21.8 Å². The van der Waals surface area contributed by atoms with Gasteiger partial charge in [0.05, 0.1) is 11.0 Å². The summed E-state index contributed by atoms with van der Waals surface area (Å²) in [5, 5.41) is 9.95. The Morgan fingerprint density at radius 1 is 0.979 bits per heavy atom. The first-order chi connectivity index (χ1) is 23.0. The standard InChI is InChI=1S/C36H49N9O3/c1-36(2,3)48-35(47)45-17-15-43(16-18-45)23-24-10-13-44(14-11-24)33-27-19-25(8-9-30(27)42(5)40-33)34(46)39-32-21-28-26(22-37-32)20-29(38-28)31-7-6-12-41(31)4/h8-9,19-22,24,31,38H,6-7,10-18,23H2,1-5H3,(H,37,39,46)/t31-/m1/s1. The molecule has 2 N–H and O–H groups in total. The summed E-state index contributed by atoms with van der Waals surface area (Å²) < 4.78 is 7.46. The van der Waals surface area contributed by atoms with Crippen molar-refractivity contribution >= 4 is 45.4 Å². The number of aryl methyl sites for hydroxylation is 1. The van der Waals surface area contributed by atoms with Crippen molar-refractivity contribution in [2.45, 2.75) is 58.1 Å². The van der Waals surface area contributed by atoms with Crippen molar-refractivity contribution in [3.05, 3.63) is 47.8 Å². The summed E-state index contributed by atoms with van der Waals surface area (Å²) in [5.41, 5.74) is 3.29. The van der Waals surface area contributed by atoms with E-state index in [4.69, 9.17) is 9.84 Å². The van der Waals surface area contributed by atoms with Crippen molar-refractivity contribution < 1.29 is 14.3 Å². The summed E-state index contributed by atoms with van der Waals surface area (Å²) in [5.74, 6) is 1.87. The topological polar surface area (TPSA) is 115 Å². The maximum atomic E-state index is 13.5. The number of aromatic amines is 1. The van der Waals surface area contributed by atoms with Crippen LogP contribution in [-0.4, -0.2) is 111 Å². The summed E-state index contributed by atoms with van der Waals surface area (Å²) >= 11 is 0. The van der Waals surface area contributed by atoms with Gasteiger partial charge in [0.25, 0.3) is 5.91 Å². The number of fused-ring (bicyclic) bond motifs is 2. The first kappa shape index (κ1) is 32.4. The van der Waals surface area contributed by atoms with Crippen LogP contribution in [0.4, 0.5) is 16.4 Å². The smallest absolute Gasteiger partial charge is 0.410 e. The molecule has 1 atom stereocenters. The van der Waals surface area contributed by atoms with Crippen molar-refractivity contribution in [1.82, 2.24) is 34.4 Å². The van der Waals surface area contributed by atoms with Crippen LogP contribution in [0.15, 0.2) is 36.5 Å². The van der Waals surface area contributed by atoms with E-state index in [-0.39, 0.29) is 12.0 Å². The number of hydrogen-bond acceptors (Lipinski definition) is 8. The minimum absolute atomic E-state index is 0.189. The lowest BCUT2D eigenvalue weighted by Gasteiger charge is -2.39. The SMILES string of the molecule is CN1CCC[C@@H]1c1cc2cnc(NC(=O)c3ccc4c(c3)c(N3CCC(CN5CCN(C(=O)OC(C)(C)C)CC5)CC3)nn4C)cc2[nH]1. The number of hydrogen-bond donors (Lipinski definition) is 2. The van der Waals surface area contributed by atoms with E-state index in [1.807, 2.05) is 67.9 Å². The van der Waals surface area contributed by atoms with Gasteiger partial charge in [0.2, 0.25) is 0 Å². The number of piperidine rings is 1. The Bertz CT molecular complexity index is 1790. The minimum Gasteiger partial charge on any atom is -0.444 e. The van der Waals surface area contributed by atoms with Crippen LogP contribution >= 0.6 is 0 Å². The van der Waals surface area contributed by atoms with E-state index in [1.165, 1.54) is 12.1 Å². The molecule has 0 aliphatic carbocycles. The number of nitrogens with zero attached hydrogens (tertiary/aromatic N) is 7. The van der Waals surface area contributed by atoms with Crippen LogP contribution in [0.2, 0.25) is 0 Å². The van der Waals surface area contributed by atoms with Crippen LogP contribution in [0, 0.1) is 5.92 Å². The number of pyridine rings is 1. The Morgan fingerprint density at radius 3 is 2.46 bits per heavy atom. The van der Waals surface area contributed by atoms with Gasteiger partial charge in [0.15, 0.2) is 5.82 Å². The highest BCUT2D eigenvalue weighted by Gasteiger charge is 2.29. The molecule has 0 bridgehead atoms. The molecule has 3 aromatic heterocycles. The van der Waals surface area contributed by atoms with E-state index in [9.17, 15) is 9.59 Å². The van der Waals surface area contributed by atoms with Gasteiger partial charge in [-0.3, -0.25) is 19.3 Å². The van der Waals surface area contributed by atoms with E-state index in [0.29, 0.717) is 36.4 Å². The fraction of sp³-hybridized carbons (Fsp3) is 0.556. The quantitative estimate of drug-likeness (QED) is 0.290. The van der Waals surface area contributed by atoms with E-state index >= 15 is 0 Å². The third kappa shape index (κ3) is 6.86. The summed E-state index contributed by atoms with van der Waals surface area (Å²) in [6.07, 6.45) is 6.12. The highest BCUT2D eigenvalue weighted by molar-refractivity contribution is 6.07. The average molecular weight is 656 g/mol. The number of ether oxygens (including phenoxy) is 1. The lowest BCUT2D eigenvalue weighted by atomic mass is 9.95. The predicted molar refractivity (Wildman–Crippen MR) is 189 cm³/mol. The number of amides is 2. The molecule has 0 spiro atoms. The first-order valence-corrected chi connectivity index (χ1v) is 17.4. The number of likely N-dealkylation sites (tertiary alicyclic amines) is 1. The van der Waals surface area contributed by atoms with Crippen molar-refractivity contribution in [3.8, 4) is 0 Å². The molecule has 3 fully saturated rings. The third-order valence-corrected chi connectivity index (χ3v) is 10.2. The number of rotatable bonds is 6. The molecule has 3 aliphatic rings. The molecule has 3 saturated heterocycles. The van der Waals surface area contributed by atoms with Gasteiger partial charge in [-0.05, 0) is 90.2 Å². The zero-order valence-corrected chi connectivity index (χ0v) is 29.0. The second kappa shape index (κ2) is 13.0. The Hall–Kier alpha value is -4.16. The largest absolute Gasteiger partial charge is 0.444 e. The van der Waals surface area contributed by atoms with Crippen LogP contribution in [0.3, 0.4) is 0 Å². The fourth-order valence-electron chi connectivity index (χ4n) is 7.54. The Labute approximate surface area is 282 Å². The highest BCUT2D eigenvalue weighted by atomic mass is 16.6. The normalized spacial score (nSPS) is 20.2. The number of benzene rings is 1. The maximum Gasteiger partial charge on any atom is 0.410 e. The molecule has 0 unspecified atom stereocenters. The molecule has 0 radical (unpaired) electrons. The fourth-order valence-corrected chi connectivity index (χ4v) is 7.54. The predicted octanol–water partition coefficient (Wildman–Crippen LogP) is 5.24. The van der Waals surface area contributed by atoms with Gasteiger partial charge in [0, 0.05) is 93.2 Å². The summed E-state index contributed by atoms with van der Waals surface area (Å²) in [4.78, 5) is 43.1. The first-order valence-electron chi connectivity index (χ1n) is 17.4. The molecule has 4 aromatic rings. The van der Waals surface area contributed by atoms with Crippen molar-refractivity contribution in [1.29, 1.82) is 0 Å². The molecule has 0 saturated carbocycles. The van der Waals surface area contributed by atoms with Crippen molar-refractivity contribution in [3.63, 3.8) is 0 Å². The summed E-state index contributed by atoms with van der Waals surface area (Å²) in [6.45, 7) is 12.9. The second-order valence-corrected chi connectivity index (χ2v) is 14.9. The van der Waals surface area contributed by atoms with Gasteiger partial charge in [0.1, 0.15) is 11.4 Å². The second-order valence-electron chi connectivity index (χ2n) is 14.9. The lowest BCUT2D eigenvalue weighted by molar-refractivity contribution is 0.0130. The molecule has 1 aromatic carbocycles. The molecular weight excluding hydrogens is 606 g/mol. The molecule has 6 heterocycles. The number of aromatic nitrogens is 4. The highest BCUT2D eigenvalue weighted by Crippen LogP contribution is 2.33. The van der Waals surface area contributed by atoms with E-state index in [0.717, 1.165) is 86.2 Å². The van der Waals surface area contributed by atoms with Crippen molar-refractivity contribution in [2.24, 2.45) is 13.0 Å². The molecule has 7 rings (SSSR count). The van der Waals surface area contributed by atoms with Gasteiger partial charge >= 0.3 is 6.09 Å². The third-order valence-electron chi connectivity index (χ3n) is 10.2. The van der Waals surface area contributed by atoms with Crippen LogP contribution in [0.5, 0.6) is 0 Å². The van der Waals surface area contributed by atoms with Crippen LogP contribution in [-0.2, 0) is 11.8 Å². The molecule has 3 aliphatic heterocycles. The number of carbonyl (C=O) groups is 2. The molecule has 48 heavy (non-hydrogen) atoms. The van der Waals surface area contributed by atoms with Gasteiger partial charge in [-0.1, -0.05) is 0 Å². The van der Waals surface area contributed by atoms with Gasteiger partial charge in [-0.2, -0.15) is 5.10 Å². The average Bonchev–Trinajstić information content (AvgIpc) is 3.77. The van der Waals surface area contributed by atoms with Crippen LogP contribution in [0.1, 0.15) is 68.5 Å². The van der Waals surface area contributed by atoms with E-state index in [2.05, 4.69) is 43.1 Å². The van der Waals surface area contributed by atoms with Crippen LogP contribution < -0.4 is 10.2 Å². The lowest BCUT2D eigenvalue weighted by Crippen LogP contribution is -2.51. The Balaban J connectivity index is 0.966. The minimum atomic E-state index is -0.470. The number of anilines is 2. The molecule has 12 heteroatoms. The molecule has 12 nitrogen and oxygen atoms in total. The number of piperazine rings is 1. The van der Waals surface area contributed by atoms with Gasteiger partial charge in [-0.25, -0.2) is 9.78 Å². The molecular formula is C36H49N9O3. The summed E-state index contributed by atoms with van der Waals surface area (Å²) in [7, 11) is 4.13. The Morgan fingerprint density at radius 2 is 1.75 bits per heavy atom. The zero-order chi connectivity index (χ0) is 33.6. The van der Waals surface area contributed by atoms with E-state index in [1.54, 1.807) is 0 Å². The maximum absolute atomic E-state index is 13.5. The van der Waals surface area contributed by atoms with Gasteiger partial charge < -0.3 is 24.8 Å². The zero-order valence-electron chi connectivity index (χ0n) is 29.0. The number of carbonyl (C=O) groups excluding carboxylic acids is 2. The molecule has 256 valence electrons. The summed E-state index contributed by atoms with van der Waals surface area (Å²) in [6, 6.07) is 10.3. The number of nitrogens with one attached hydrogen (secondary N) is 2. The number of H-pyrrole nitrogens is 1. The van der Waals surface area contributed by atoms with Crippen molar-refractivity contribution in [2.75, 3.05) is 69.6 Å². The molecule has 2 amide bonds. The monoisotopic (exact) mass is 655 g/mol. The van der Waals surface area contributed by atoms with Gasteiger partial charge in [-0.15, -0.1) is 0 Å².